The fraction of sp³-hybridized carbons (Fsp3) is 0.400. The van der Waals surface area contributed by atoms with Crippen molar-refractivity contribution < 1.29 is 18.4 Å². The van der Waals surface area contributed by atoms with Crippen molar-refractivity contribution >= 4 is 11.8 Å². The standard InChI is InChI=1S/C20H26F2N2O2/c1-4-9-23-20(26)18(12-15-10-16(21)13-17(22)11-15)24-19(25)8-6-5-7-14(2)3/h4,6,8,10-11,13-14,18H,1,5,7,9,12H2,2-3H3,(H,23,26)(H,24,25)/b8-6+. The fourth-order valence-corrected chi connectivity index (χ4v) is 2.31. The number of allylic oxidation sites excluding steroid dienone is 1. The number of hydrogen-bond donors (Lipinski definition) is 2. The van der Waals surface area contributed by atoms with Crippen molar-refractivity contribution in [1.82, 2.24) is 10.6 Å². The topological polar surface area (TPSA) is 58.2 Å². The molecule has 0 radical (unpaired) electrons. The number of rotatable bonds is 10. The van der Waals surface area contributed by atoms with Gasteiger partial charge in [0, 0.05) is 19.0 Å². The minimum absolute atomic E-state index is 0.0246. The molecule has 0 bridgehead atoms. The molecule has 0 aliphatic rings. The number of hydrogen-bond acceptors (Lipinski definition) is 2. The first-order valence-corrected chi connectivity index (χ1v) is 8.62. The van der Waals surface area contributed by atoms with Gasteiger partial charge in [-0.15, -0.1) is 6.58 Å². The first-order chi connectivity index (χ1) is 12.3. The Morgan fingerprint density at radius 3 is 2.42 bits per heavy atom. The number of carbonyl (C=O) groups excluding carboxylic acids is 2. The third-order valence-corrected chi connectivity index (χ3v) is 3.60. The van der Waals surface area contributed by atoms with Gasteiger partial charge < -0.3 is 10.6 Å². The molecule has 26 heavy (non-hydrogen) atoms. The number of benzene rings is 1. The van der Waals surface area contributed by atoms with Crippen LogP contribution in [0.3, 0.4) is 0 Å². The van der Waals surface area contributed by atoms with E-state index < -0.39 is 29.5 Å². The van der Waals surface area contributed by atoms with Crippen LogP contribution in [0.1, 0.15) is 32.3 Å². The van der Waals surface area contributed by atoms with Crippen molar-refractivity contribution in [3.8, 4) is 0 Å². The summed E-state index contributed by atoms with van der Waals surface area (Å²) in [6.07, 6.45) is 6.31. The second-order valence-corrected chi connectivity index (χ2v) is 6.45. The highest BCUT2D eigenvalue weighted by molar-refractivity contribution is 5.93. The zero-order valence-corrected chi connectivity index (χ0v) is 15.2. The highest BCUT2D eigenvalue weighted by Crippen LogP contribution is 2.11. The zero-order valence-electron chi connectivity index (χ0n) is 15.2. The summed E-state index contributed by atoms with van der Waals surface area (Å²) in [6, 6.07) is 2.09. The summed E-state index contributed by atoms with van der Waals surface area (Å²) < 4.78 is 26.7. The van der Waals surface area contributed by atoms with Crippen molar-refractivity contribution in [3.63, 3.8) is 0 Å². The van der Waals surface area contributed by atoms with Gasteiger partial charge >= 0.3 is 0 Å². The van der Waals surface area contributed by atoms with Gasteiger partial charge in [0.15, 0.2) is 0 Å². The predicted octanol–water partition coefficient (Wildman–Crippen LogP) is 3.29. The molecule has 6 heteroatoms. The normalized spacial score (nSPS) is 12.2. The Morgan fingerprint density at radius 2 is 1.85 bits per heavy atom. The van der Waals surface area contributed by atoms with E-state index in [-0.39, 0.29) is 18.5 Å². The Hall–Kier alpha value is -2.50. The Balaban J connectivity index is 2.79. The van der Waals surface area contributed by atoms with Crippen molar-refractivity contribution in [2.75, 3.05) is 6.54 Å². The molecule has 0 saturated heterocycles. The Kier molecular flexibility index (Phi) is 9.26. The Labute approximate surface area is 153 Å². The number of nitrogens with one attached hydrogen (secondary N) is 2. The first kappa shape index (κ1) is 21.5. The van der Waals surface area contributed by atoms with Crippen LogP contribution in [0.4, 0.5) is 8.78 Å². The fourth-order valence-electron chi connectivity index (χ4n) is 2.31. The van der Waals surface area contributed by atoms with Crippen LogP contribution >= 0.6 is 0 Å². The van der Waals surface area contributed by atoms with E-state index in [2.05, 4.69) is 31.1 Å². The van der Waals surface area contributed by atoms with Gasteiger partial charge in [0.2, 0.25) is 11.8 Å². The van der Waals surface area contributed by atoms with Crippen molar-refractivity contribution in [1.29, 1.82) is 0 Å². The minimum atomic E-state index is -0.946. The second kappa shape index (κ2) is 11.2. The SMILES string of the molecule is C=CCNC(=O)C(Cc1cc(F)cc(F)c1)NC(=O)/C=C/CCC(C)C. The van der Waals surface area contributed by atoms with E-state index in [1.807, 2.05) is 0 Å². The van der Waals surface area contributed by atoms with Crippen molar-refractivity contribution in [2.24, 2.45) is 5.92 Å². The highest BCUT2D eigenvalue weighted by Gasteiger charge is 2.20. The molecular weight excluding hydrogens is 338 g/mol. The molecule has 0 saturated carbocycles. The maximum Gasteiger partial charge on any atom is 0.244 e. The monoisotopic (exact) mass is 364 g/mol. The van der Waals surface area contributed by atoms with Gasteiger partial charge in [-0.3, -0.25) is 9.59 Å². The van der Waals surface area contributed by atoms with Crippen LogP contribution in [0.2, 0.25) is 0 Å². The lowest BCUT2D eigenvalue weighted by molar-refractivity contribution is -0.126. The molecule has 1 unspecified atom stereocenters. The molecule has 0 heterocycles. The molecular formula is C20H26F2N2O2. The minimum Gasteiger partial charge on any atom is -0.351 e. The van der Waals surface area contributed by atoms with Crippen LogP contribution in [-0.2, 0) is 16.0 Å². The maximum absolute atomic E-state index is 13.4. The first-order valence-electron chi connectivity index (χ1n) is 8.62. The Bertz CT molecular complexity index is 637. The number of carbonyl (C=O) groups is 2. The molecule has 0 spiro atoms. The molecule has 0 aliphatic heterocycles. The number of amides is 2. The van der Waals surface area contributed by atoms with E-state index in [0.29, 0.717) is 5.92 Å². The molecule has 142 valence electrons. The Morgan fingerprint density at radius 1 is 1.19 bits per heavy atom. The third-order valence-electron chi connectivity index (χ3n) is 3.60. The molecule has 0 aromatic heterocycles. The lowest BCUT2D eigenvalue weighted by Crippen LogP contribution is -2.47. The van der Waals surface area contributed by atoms with Gasteiger partial charge in [0.1, 0.15) is 17.7 Å². The van der Waals surface area contributed by atoms with Crippen molar-refractivity contribution in [2.45, 2.75) is 39.2 Å². The smallest absolute Gasteiger partial charge is 0.244 e. The lowest BCUT2D eigenvalue weighted by Gasteiger charge is -2.17. The highest BCUT2D eigenvalue weighted by atomic mass is 19.1. The van der Waals surface area contributed by atoms with E-state index in [1.165, 1.54) is 12.2 Å². The van der Waals surface area contributed by atoms with Gasteiger partial charge in [-0.2, -0.15) is 0 Å². The molecule has 0 aliphatic carbocycles. The van der Waals surface area contributed by atoms with Crippen LogP contribution < -0.4 is 10.6 Å². The molecule has 0 fully saturated rings. The molecule has 2 amide bonds. The largest absolute Gasteiger partial charge is 0.351 e. The van der Waals surface area contributed by atoms with E-state index in [9.17, 15) is 18.4 Å². The van der Waals surface area contributed by atoms with Gasteiger partial charge in [-0.25, -0.2) is 8.78 Å². The van der Waals surface area contributed by atoms with Gasteiger partial charge in [0.25, 0.3) is 0 Å². The van der Waals surface area contributed by atoms with Gasteiger partial charge in [0.05, 0.1) is 0 Å². The molecule has 1 aromatic carbocycles. The summed E-state index contributed by atoms with van der Waals surface area (Å²) in [4.78, 5) is 24.3. The van der Waals surface area contributed by atoms with Gasteiger partial charge in [-0.05, 0) is 42.5 Å². The summed E-state index contributed by atoms with van der Waals surface area (Å²) in [5, 5.41) is 5.17. The predicted molar refractivity (Wildman–Crippen MR) is 98.4 cm³/mol. The average molecular weight is 364 g/mol. The van der Waals surface area contributed by atoms with E-state index in [0.717, 1.165) is 31.0 Å². The second-order valence-electron chi connectivity index (χ2n) is 6.45. The van der Waals surface area contributed by atoms with Crippen molar-refractivity contribution in [3.05, 3.63) is 60.2 Å². The summed E-state index contributed by atoms with van der Waals surface area (Å²) in [5.74, 6) is -1.80. The quantitative estimate of drug-likeness (QED) is 0.494. The molecule has 2 N–H and O–H groups in total. The lowest BCUT2D eigenvalue weighted by atomic mass is 10.0. The third kappa shape index (κ3) is 8.55. The molecule has 1 atom stereocenters. The van der Waals surface area contributed by atoms with E-state index in [1.54, 1.807) is 6.08 Å². The molecule has 1 rings (SSSR count). The maximum atomic E-state index is 13.4. The van der Waals surface area contributed by atoms with Crippen LogP contribution in [0.15, 0.2) is 43.0 Å². The van der Waals surface area contributed by atoms with Crippen LogP contribution in [0.5, 0.6) is 0 Å². The van der Waals surface area contributed by atoms with Crippen LogP contribution in [0, 0.1) is 17.6 Å². The van der Waals surface area contributed by atoms with Gasteiger partial charge in [-0.1, -0.05) is 26.0 Å². The number of halogens is 2. The summed E-state index contributed by atoms with van der Waals surface area (Å²) in [5.41, 5.74) is 0.283. The zero-order chi connectivity index (χ0) is 19.5. The van der Waals surface area contributed by atoms with Crippen LogP contribution in [-0.4, -0.2) is 24.4 Å². The summed E-state index contributed by atoms with van der Waals surface area (Å²) in [7, 11) is 0. The summed E-state index contributed by atoms with van der Waals surface area (Å²) in [6.45, 7) is 7.92. The summed E-state index contributed by atoms with van der Waals surface area (Å²) >= 11 is 0. The average Bonchev–Trinajstić information content (AvgIpc) is 2.55. The van der Waals surface area contributed by atoms with Crippen LogP contribution in [0.25, 0.3) is 0 Å². The molecule has 4 nitrogen and oxygen atoms in total. The van der Waals surface area contributed by atoms with E-state index >= 15 is 0 Å². The molecule has 1 aromatic rings. The van der Waals surface area contributed by atoms with E-state index in [4.69, 9.17) is 0 Å².